The number of halogens is 3. The summed E-state index contributed by atoms with van der Waals surface area (Å²) in [5.74, 6) is 0.452. The van der Waals surface area contributed by atoms with E-state index in [-0.39, 0.29) is 32.0 Å². The second-order valence-electron chi connectivity index (χ2n) is 9.01. The number of carbonyl (C=O) groups is 2. The Morgan fingerprint density at radius 3 is 2.50 bits per heavy atom. The van der Waals surface area contributed by atoms with Gasteiger partial charge >= 0.3 is 6.18 Å². The number of pyridine rings is 1. The molecule has 206 valence electrons. The Labute approximate surface area is 227 Å². The number of aromatic nitrogens is 3. The van der Waals surface area contributed by atoms with Crippen molar-refractivity contribution in [1.82, 2.24) is 29.7 Å². The molecule has 1 unspecified atom stereocenters. The first-order valence-electron chi connectivity index (χ1n) is 11.7. The summed E-state index contributed by atoms with van der Waals surface area (Å²) in [6, 6.07) is 2.08. The lowest BCUT2D eigenvalue weighted by molar-refractivity contribution is -0.197. The zero-order chi connectivity index (χ0) is 28.0. The molecule has 1 saturated heterocycles. The van der Waals surface area contributed by atoms with Gasteiger partial charge in [0.1, 0.15) is 11.9 Å². The van der Waals surface area contributed by atoms with E-state index >= 15 is 0 Å². The van der Waals surface area contributed by atoms with E-state index in [1.807, 2.05) is 39.1 Å². The molecule has 1 fully saturated rings. The van der Waals surface area contributed by atoms with E-state index in [1.165, 1.54) is 0 Å². The maximum Gasteiger partial charge on any atom is 0.410 e. The molecule has 0 aromatic carbocycles. The number of nitrogens with zero attached hydrogens (tertiary/aromatic N) is 6. The number of nitrogens with one attached hydrogen (secondary N) is 1. The van der Waals surface area contributed by atoms with Crippen molar-refractivity contribution in [3.05, 3.63) is 40.0 Å². The van der Waals surface area contributed by atoms with Crippen molar-refractivity contribution in [2.24, 2.45) is 0 Å². The Morgan fingerprint density at radius 2 is 1.95 bits per heavy atom. The third kappa shape index (κ3) is 7.95. The summed E-state index contributed by atoms with van der Waals surface area (Å²) >= 11 is 3.26. The molecule has 2 amide bonds. The molecule has 1 atom stereocenters. The van der Waals surface area contributed by atoms with Crippen molar-refractivity contribution in [3.63, 3.8) is 0 Å². The van der Waals surface area contributed by atoms with Gasteiger partial charge in [-0.1, -0.05) is 6.07 Å². The lowest BCUT2D eigenvalue weighted by atomic mass is 10.1. The topological polar surface area (TPSA) is 94.6 Å². The molecule has 1 aliphatic rings. The van der Waals surface area contributed by atoms with Gasteiger partial charge in [-0.05, 0) is 46.5 Å². The molecular formula is C24H30F3N7O2S2. The van der Waals surface area contributed by atoms with E-state index in [9.17, 15) is 22.8 Å². The van der Waals surface area contributed by atoms with Crippen LogP contribution in [0.3, 0.4) is 0 Å². The van der Waals surface area contributed by atoms with Crippen LogP contribution < -0.4 is 5.32 Å². The van der Waals surface area contributed by atoms with E-state index < -0.39 is 18.8 Å². The standard InChI is InChI=1S/C14H14N4S2.C10H16F3N3O2/c1-8-4-5-12(15-6-8)18-14-17-11(7-19-14)13-9(2)16-10(3)20-13;1-14(2)6-9(18)15-3-4-16(7-17)8(5-15)10(11,12)13/h4-7H,1-3H3,(H,15,17,18);7-8H,3-6H2,1-2H3. The summed E-state index contributed by atoms with van der Waals surface area (Å²) in [5.41, 5.74) is 3.16. The smallest absolute Gasteiger partial charge is 0.337 e. The molecule has 4 heterocycles. The molecule has 14 heteroatoms. The number of anilines is 2. The fraction of sp³-hybridized carbons (Fsp3) is 0.458. The van der Waals surface area contributed by atoms with Gasteiger partial charge in [-0.15, -0.1) is 22.7 Å². The third-order valence-electron chi connectivity index (χ3n) is 5.53. The molecule has 0 radical (unpaired) electrons. The quantitative estimate of drug-likeness (QED) is 0.447. The van der Waals surface area contributed by atoms with Crippen LogP contribution in [0.15, 0.2) is 23.7 Å². The lowest BCUT2D eigenvalue weighted by Crippen LogP contribution is -2.60. The number of rotatable bonds is 6. The van der Waals surface area contributed by atoms with Crippen LogP contribution in [0.5, 0.6) is 0 Å². The number of alkyl halides is 3. The lowest BCUT2D eigenvalue weighted by Gasteiger charge is -2.40. The number of likely N-dealkylation sites (N-methyl/N-ethyl adjacent to an activating group) is 1. The number of amides is 2. The van der Waals surface area contributed by atoms with Crippen LogP contribution >= 0.6 is 22.7 Å². The van der Waals surface area contributed by atoms with Crippen LogP contribution in [-0.2, 0) is 9.59 Å². The van der Waals surface area contributed by atoms with Gasteiger partial charge in [-0.25, -0.2) is 15.0 Å². The first kappa shape index (κ1) is 29.5. The second kappa shape index (κ2) is 12.6. The zero-order valence-corrected chi connectivity index (χ0v) is 23.4. The molecule has 1 aliphatic heterocycles. The maximum absolute atomic E-state index is 12.7. The highest BCUT2D eigenvalue weighted by Gasteiger charge is 2.47. The summed E-state index contributed by atoms with van der Waals surface area (Å²) < 4.78 is 38.2. The van der Waals surface area contributed by atoms with Crippen LogP contribution in [0.25, 0.3) is 10.6 Å². The SMILES string of the molecule is CN(C)CC(=O)N1CCN(C=O)C(C(F)(F)F)C1.Cc1ccc(Nc2nc(-c3sc(C)nc3C)cs2)nc1. The van der Waals surface area contributed by atoms with Crippen molar-refractivity contribution in [2.75, 3.05) is 45.6 Å². The maximum atomic E-state index is 12.7. The van der Waals surface area contributed by atoms with Gasteiger partial charge in [0.25, 0.3) is 0 Å². The molecule has 3 aromatic heterocycles. The Hall–Kier alpha value is -3.10. The van der Waals surface area contributed by atoms with Gasteiger partial charge in [0.15, 0.2) is 5.13 Å². The van der Waals surface area contributed by atoms with Crippen LogP contribution in [0.1, 0.15) is 16.3 Å². The van der Waals surface area contributed by atoms with Crippen LogP contribution in [-0.4, -0.2) is 94.5 Å². The Morgan fingerprint density at radius 1 is 1.21 bits per heavy atom. The molecule has 1 N–H and O–H groups in total. The largest absolute Gasteiger partial charge is 0.410 e. The van der Waals surface area contributed by atoms with Gasteiger partial charge in [-0.2, -0.15) is 13.2 Å². The average molecular weight is 570 g/mol. The van der Waals surface area contributed by atoms with Crippen molar-refractivity contribution < 1.29 is 22.8 Å². The minimum Gasteiger partial charge on any atom is -0.337 e. The first-order chi connectivity index (χ1) is 17.9. The van der Waals surface area contributed by atoms with E-state index in [1.54, 1.807) is 41.7 Å². The Balaban J connectivity index is 0.000000212. The number of hydrogen-bond donors (Lipinski definition) is 1. The highest BCUT2D eigenvalue weighted by Crippen LogP contribution is 2.32. The molecule has 4 rings (SSSR count). The van der Waals surface area contributed by atoms with E-state index in [0.29, 0.717) is 4.90 Å². The molecule has 3 aromatic rings. The molecule has 0 saturated carbocycles. The number of hydrogen-bond acceptors (Lipinski definition) is 9. The fourth-order valence-electron chi connectivity index (χ4n) is 3.67. The van der Waals surface area contributed by atoms with E-state index in [2.05, 4.69) is 25.6 Å². The summed E-state index contributed by atoms with van der Waals surface area (Å²) in [6.07, 6.45) is -2.49. The number of carbonyl (C=O) groups excluding carboxylic acids is 2. The minimum absolute atomic E-state index is 0.0612. The van der Waals surface area contributed by atoms with Gasteiger partial charge < -0.3 is 20.0 Å². The van der Waals surface area contributed by atoms with Crippen molar-refractivity contribution in [3.8, 4) is 10.6 Å². The molecular weight excluding hydrogens is 539 g/mol. The monoisotopic (exact) mass is 569 g/mol. The van der Waals surface area contributed by atoms with Crippen LogP contribution in [0, 0.1) is 20.8 Å². The predicted octanol–water partition coefficient (Wildman–Crippen LogP) is 4.11. The van der Waals surface area contributed by atoms with Crippen molar-refractivity contribution >= 4 is 45.9 Å². The van der Waals surface area contributed by atoms with Gasteiger partial charge in [-0.3, -0.25) is 9.59 Å². The minimum atomic E-state index is -4.52. The fourth-order valence-corrected chi connectivity index (χ4v) is 5.33. The summed E-state index contributed by atoms with van der Waals surface area (Å²) in [6.45, 7) is 5.67. The third-order valence-corrected chi connectivity index (χ3v) is 7.38. The first-order valence-corrected chi connectivity index (χ1v) is 13.4. The normalized spacial score (nSPS) is 15.8. The highest BCUT2D eigenvalue weighted by molar-refractivity contribution is 7.16. The summed E-state index contributed by atoms with van der Waals surface area (Å²) in [5, 5.41) is 7.20. The molecule has 0 aliphatic carbocycles. The van der Waals surface area contributed by atoms with E-state index in [4.69, 9.17) is 0 Å². The zero-order valence-electron chi connectivity index (χ0n) is 21.7. The molecule has 38 heavy (non-hydrogen) atoms. The van der Waals surface area contributed by atoms with Crippen molar-refractivity contribution in [1.29, 1.82) is 0 Å². The van der Waals surface area contributed by atoms with Crippen LogP contribution in [0.2, 0.25) is 0 Å². The van der Waals surface area contributed by atoms with Crippen molar-refractivity contribution in [2.45, 2.75) is 33.0 Å². The van der Waals surface area contributed by atoms with Gasteiger partial charge in [0.05, 0.1) is 34.4 Å². The molecule has 9 nitrogen and oxygen atoms in total. The summed E-state index contributed by atoms with van der Waals surface area (Å²) in [7, 11) is 3.33. The summed E-state index contributed by atoms with van der Waals surface area (Å²) in [4.78, 5) is 40.2. The number of piperazine rings is 1. The van der Waals surface area contributed by atoms with Gasteiger partial charge in [0, 0.05) is 24.7 Å². The predicted molar refractivity (Wildman–Crippen MR) is 143 cm³/mol. The molecule has 0 bridgehead atoms. The molecule has 0 spiro atoms. The van der Waals surface area contributed by atoms with Gasteiger partial charge in [0.2, 0.25) is 12.3 Å². The van der Waals surface area contributed by atoms with E-state index in [0.717, 1.165) is 42.7 Å². The second-order valence-corrected chi connectivity index (χ2v) is 11.1. The van der Waals surface area contributed by atoms with Crippen LogP contribution in [0.4, 0.5) is 24.1 Å². The Kier molecular flexibility index (Phi) is 9.79. The highest BCUT2D eigenvalue weighted by atomic mass is 32.1. The average Bonchev–Trinajstić information content (AvgIpc) is 3.44. The number of aryl methyl sites for hydroxylation is 3. The Bertz CT molecular complexity index is 1230. The number of thiazole rings is 2.